The molecule has 0 heterocycles. The molecule has 0 amide bonds. The largest absolute Gasteiger partial charge is 0.399 e. The number of halogens is 3. The lowest BCUT2D eigenvalue weighted by molar-refractivity contribution is 0.0971. The molecule has 2 aromatic rings. The van der Waals surface area contributed by atoms with Crippen LogP contribution < -0.4 is 5.73 Å². The molecule has 0 bridgehead atoms. The fourth-order valence-corrected chi connectivity index (χ4v) is 2.54. The van der Waals surface area contributed by atoms with Crippen LogP contribution >= 0.6 is 27.5 Å². The molecule has 2 aromatic carbocycles. The summed E-state index contributed by atoms with van der Waals surface area (Å²) in [6.07, 6.45) is 0.207. The molecule has 0 saturated carbocycles. The van der Waals surface area contributed by atoms with Crippen molar-refractivity contribution in [3.05, 3.63) is 62.8 Å². The van der Waals surface area contributed by atoms with Crippen LogP contribution in [0.15, 0.2) is 40.9 Å². The van der Waals surface area contributed by atoms with Crippen LogP contribution in [0.5, 0.6) is 0 Å². The fourth-order valence-electron chi connectivity index (χ4n) is 2.07. The number of benzene rings is 2. The van der Waals surface area contributed by atoms with Crippen molar-refractivity contribution in [1.29, 1.82) is 0 Å². The maximum Gasteiger partial charge on any atom is 0.166 e. The average molecular weight is 371 g/mol. The SMILES string of the molecule is CC(CC(=O)c1ccc(Br)c(Cl)c1F)c1ccc(N)cc1. The quantitative estimate of drug-likeness (QED) is 0.456. The standard InChI is InChI=1S/C16H14BrClFNO/c1-9(10-2-4-11(20)5-3-10)8-14(21)12-6-7-13(17)15(18)16(12)19/h2-7,9H,8,20H2,1H3. The molecule has 0 saturated heterocycles. The van der Waals surface area contributed by atoms with E-state index < -0.39 is 5.82 Å². The number of hydrogen-bond donors (Lipinski definition) is 1. The summed E-state index contributed by atoms with van der Waals surface area (Å²) in [7, 11) is 0. The van der Waals surface area contributed by atoms with Crippen molar-refractivity contribution in [2.75, 3.05) is 5.73 Å². The van der Waals surface area contributed by atoms with E-state index in [9.17, 15) is 9.18 Å². The predicted molar refractivity (Wildman–Crippen MR) is 87.3 cm³/mol. The van der Waals surface area contributed by atoms with Gasteiger partial charge < -0.3 is 5.73 Å². The van der Waals surface area contributed by atoms with Gasteiger partial charge in [0.15, 0.2) is 11.6 Å². The lowest BCUT2D eigenvalue weighted by atomic mass is 9.93. The Bertz CT molecular complexity index is 673. The van der Waals surface area contributed by atoms with Gasteiger partial charge in [0.2, 0.25) is 0 Å². The molecule has 0 aromatic heterocycles. The van der Waals surface area contributed by atoms with Crippen LogP contribution in [0.3, 0.4) is 0 Å². The number of carbonyl (C=O) groups excluding carboxylic acids is 1. The van der Waals surface area contributed by atoms with Crippen LogP contribution in [0.2, 0.25) is 5.02 Å². The number of hydrogen-bond acceptors (Lipinski definition) is 2. The van der Waals surface area contributed by atoms with Crippen molar-refractivity contribution in [2.24, 2.45) is 0 Å². The molecule has 21 heavy (non-hydrogen) atoms. The van der Waals surface area contributed by atoms with Crippen LogP contribution in [0.4, 0.5) is 10.1 Å². The summed E-state index contributed by atoms with van der Waals surface area (Å²) in [4.78, 5) is 12.2. The van der Waals surface area contributed by atoms with Gasteiger partial charge in [0, 0.05) is 16.6 Å². The zero-order valence-corrected chi connectivity index (χ0v) is 13.7. The van der Waals surface area contributed by atoms with Crippen molar-refractivity contribution in [3.8, 4) is 0 Å². The molecular formula is C16H14BrClFNO. The molecule has 0 aliphatic rings. The minimum atomic E-state index is -0.680. The fraction of sp³-hybridized carbons (Fsp3) is 0.188. The highest BCUT2D eigenvalue weighted by Crippen LogP contribution is 2.29. The Morgan fingerprint density at radius 1 is 1.29 bits per heavy atom. The highest BCUT2D eigenvalue weighted by atomic mass is 79.9. The number of anilines is 1. The third-order valence-electron chi connectivity index (χ3n) is 3.33. The van der Waals surface area contributed by atoms with Crippen LogP contribution in [0, 0.1) is 5.82 Å². The molecule has 0 aliphatic carbocycles. The number of carbonyl (C=O) groups is 1. The van der Waals surface area contributed by atoms with Crippen molar-refractivity contribution in [1.82, 2.24) is 0 Å². The van der Waals surface area contributed by atoms with Crippen molar-refractivity contribution in [3.63, 3.8) is 0 Å². The van der Waals surface area contributed by atoms with Gasteiger partial charge >= 0.3 is 0 Å². The van der Waals surface area contributed by atoms with Gasteiger partial charge in [-0.25, -0.2) is 4.39 Å². The second-order valence-electron chi connectivity index (χ2n) is 4.92. The number of nitrogens with two attached hydrogens (primary N) is 1. The summed E-state index contributed by atoms with van der Waals surface area (Å²) >= 11 is 8.94. The zero-order chi connectivity index (χ0) is 15.6. The Balaban J connectivity index is 2.18. The van der Waals surface area contributed by atoms with E-state index in [1.54, 1.807) is 18.2 Å². The van der Waals surface area contributed by atoms with Gasteiger partial charge in [0.25, 0.3) is 0 Å². The maximum atomic E-state index is 14.0. The predicted octanol–water partition coefficient (Wildman–Crippen LogP) is 5.20. The second-order valence-corrected chi connectivity index (χ2v) is 6.15. The average Bonchev–Trinajstić information content (AvgIpc) is 2.45. The van der Waals surface area contributed by atoms with Crippen LogP contribution in [0.25, 0.3) is 0 Å². The molecule has 1 unspecified atom stereocenters. The minimum Gasteiger partial charge on any atom is -0.399 e. The normalized spacial score (nSPS) is 12.2. The molecule has 110 valence electrons. The molecule has 0 spiro atoms. The maximum absolute atomic E-state index is 14.0. The molecule has 2 rings (SSSR count). The first kappa shape index (κ1) is 16.0. The van der Waals surface area contributed by atoms with E-state index in [-0.39, 0.29) is 28.7 Å². The summed E-state index contributed by atoms with van der Waals surface area (Å²) in [5.74, 6) is -0.980. The number of rotatable bonds is 4. The second kappa shape index (κ2) is 6.58. The Hall–Kier alpha value is -1.39. The van der Waals surface area contributed by atoms with Crippen molar-refractivity contribution >= 4 is 39.0 Å². The van der Waals surface area contributed by atoms with Gasteiger partial charge in [-0.1, -0.05) is 30.7 Å². The summed E-state index contributed by atoms with van der Waals surface area (Å²) in [5.41, 5.74) is 7.31. The van der Waals surface area contributed by atoms with E-state index in [4.69, 9.17) is 17.3 Å². The topological polar surface area (TPSA) is 43.1 Å². The summed E-state index contributed by atoms with van der Waals surface area (Å²) in [6, 6.07) is 10.3. The lowest BCUT2D eigenvalue weighted by Gasteiger charge is -2.12. The molecular weight excluding hydrogens is 357 g/mol. The number of Topliss-reactive ketones (excluding diaryl/α,β-unsaturated/α-hetero) is 1. The van der Waals surface area contributed by atoms with Crippen molar-refractivity contribution in [2.45, 2.75) is 19.3 Å². The molecule has 1 atom stereocenters. The van der Waals surface area contributed by atoms with E-state index in [2.05, 4.69) is 15.9 Å². The van der Waals surface area contributed by atoms with Gasteiger partial charge in [0.05, 0.1) is 10.6 Å². The third-order valence-corrected chi connectivity index (χ3v) is 4.59. The molecule has 2 N–H and O–H groups in total. The van der Waals surface area contributed by atoms with E-state index >= 15 is 0 Å². The molecule has 5 heteroatoms. The van der Waals surface area contributed by atoms with Gasteiger partial charge in [0.1, 0.15) is 0 Å². The zero-order valence-electron chi connectivity index (χ0n) is 11.4. The van der Waals surface area contributed by atoms with E-state index in [0.29, 0.717) is 10.2 Å². The van der Waals surface area contributed by atoms with Crippen LogP contribution in [-0.2, 0) is 0 Å². The first-order valence-corrected chi connectivity index (χ1v) is 7.59. The molecule has 0 aliphatic heterocycles. The highest BCUT2D eigenvalue weighted by molar-refractivity contribution is 9.10. The Labute approximate surface area is 136 Å². The smallest absolute Gasteiger partial charge is 0.166 e. The summed E-state index contributed by atoms with van der Waals surface area (Å²) in [6.45, 7) is 1.92. The monoisotopic (exact) mass is 369 g/mol. The van der Waals surface area contributed by atoms with Gasteiger partial charge in [-0.15, -0.1) is 0 Å². The molecule has 0 radical (unpaired) electrons. The summed E-state index contributed by atoms with van der Waals surface area (Å²) in [5, 5.41) is -0.0685. The van der Waals surface area contributed by atoms with Crippen molar-refractivity contribution < 1.29 is 9.18 Å². The van der Waals surface area contributed by atoms with E-state index in [0.717, 1.165) is 5.56 Å². The van der Waals surface area contributed by atoms with Gasteiger partial charge in [-0.3, -0.25) is 4.79 Å². The first-order valence-electron chi connectivity index (χ1n) is 6.42. The van der Waals surface area contributed by atoms with Gasteiger partial charge in [-0.05, 0) is 51.7 Å². The van der Waals surface area contributed by atoms with Crippen LogP contribution in [-0.4, -0.2) is 5.78 Å². The Morgan fingerprint density at radius 3 is 2.52 bits per heavy atom. The van der Waals surface area contributed by atoms with E-state index in [1.807, 2.05) is 19.1 Å². The van der Waals surface area contributed by atoms with E-state index in [1.165, 1.54) is 6.07 Å². The van der Waals surface area contributed by atoms with Gasteiger partial charge in [-0.2, -0.15) is 0 Å². The minimum absolute atomic E-state index is 0.0190. The highest BCUT2D eigenvalue weighted by Gasteiger charge is 2.19. The molecule has 2 nitrogen and oxygen atoms in total. The number of ketones is 1. The third kappa shape index (κ3) is 3.63. The Morgan fingerprint density at radius 2 is 1.90 bits per heavy atom. The number of nitrogen functional groups attached to an aromatic ring is 1. The summed E-state index contributed by atoms with van der Waals surface area (Å²) < 4.78 is 14.5. The first-order chi connectivity index (χ1) is 9.90. The lowest BCUT2D eigenvalue weighted by Crippen LogP contribution is -2.08. The van der Waals surface area contributed by atoms with Crippen LogP contribution in [0.1, 0.15) is 35.2 Å². The molecule has 0 fully saturated rings. The Kier molecular flexibility index (Phi) is 5.01.